The summed E-state index contributed by atoms with van der Waals surface area (Å²) in [6, 6.07) is 5.76. The molecule has 6 nitrogen and oxygen atoms in total. The second-order valence-electron chi connectivity index (χ2n) is 3.55. The fraction of sp³-hybridized carbons (Fsp3) is 0.364. The van der Waals surface area contributed by atoms with Crippen molar-refractivity contribution >= 4 is 23.2 Å². The molecular formula is C11H13ClN2O4. The number of halogens is 1. The molecule has 0 unspecified atom stereocenters. The molecule has 0 bridgehead atoms. The Kier molecular flexibility index (Phi) is 5.38. The number of carbonyl (C=O) groups excluding carboxylic acids is 1. The van der Waals surface area contributed by atoms with Gasteiger partial charge in [0.25, 0.3) is 5.69 Å². The van der Waals surface area contributed by atoms with Crippen molar-refractivity contribution in [3.8, 4) is 5.75 Å². The summed E-state index contributed by atoms with van der Waals surface area (Å²) in [5.41, 5.74) is 0.0109. The lowest BCUT2D eigenvalue weighted by molar-refractivity contribution is -0.384. The van der Waals surface area contributed by atoms with Crippen LogP contribution in [0.3, 0.4) is 0 Å². The molecule has 1 amide bonds. The van der Waals surface area contributed by atoms with Gasteiger partial charge in [-0.05, 0) is 12.1 Å². The van der Waals surface area contributed by atoms with E-state index in [4.69, 9.17) is 16.3 Å². The number of nitrogens with zero attached hydrogens (tertiary/aromatic N) is 2. The Morgan fingerprint density at radius 2 is 2.06 bits per heavy atom. The van der Waals surface area contributed by atoms with Crippen LogP contribution in [0.15, 0.2) is 24.3 Å². The van der Waals surface area contributed by atoms with Crippen molar-refractivity contribution in [1.29, 1.82) is 0 Å². The zero-order chi connectivity index (χ0) is 13.5. The van der Waals surface area contributed by atoms with Crippen molar-refractivity contribution in [1.82, 2.24) is 4.90 Å². The molecule has 0 N–H and O–H groups in total. The summed E-state index contributed by atoms with van der Waals surface area (Å²) in [5.74, 6) is 0.282. The topological polar surface area (TPSA) is 72.7 Å². The van der Waals surface area contributed by atoms with E-state index in [0.29, 0.717) is 18.9 Å². The molecule has 0 spiro atoms. The number of rotatable bonds is 6. The van der Waals surface area contributed by atoms with Crippen LogP contribution in [0.1, 0.15) is 0 Å². The van der Waals surface area contributed by atoms with Gasteiger partial charge in [-0.3, -0.25) is 14.9 Å². The van der Waals surface area contributed by atoms with Gasteiger partial charge in [-0.1, -0.05) is 0 Å². The van der Waals surface area contributed by atoms with Gasteiger partial charge in [-0.25, -0.2) is 0 Å². The van der Waals surface area contributed by atoms with Gasteiger partial charge in [0.2, 0.25) is 5.91 Å². The van der Waals surface area contributed by atoms with E-state index in [2.05, 4.69) is 0 Å². The summed E-state index contributed by atoms with van der Waals surface area (Å²) in [6.07, 6.45) is 0. The van der Waals surface area contributed by atoms with Crippen LogP contribution in [0.25, 0.3) is 0 Å². The summed E-state index contributed by atoms with van der Waals surface area (Å²) in [6.45, 7) is 0.708. The summed E-state index contributed by atoms with van der Waals surface area (Å²) >= 11 is 5.39. The smallest absolute Gasteiger partial charge is 0.269 e. The molecule has 0 aliphatic carbocycles. The molecule has 18 heavy (non-hydrogen) atoms. The summed E-state index contributed by atoms with van der Waals surface area (Å²) < 4.78 is 5.35. The Morgan fingerprint density at radius 3 is 2.56 bits per heavy atom. The van der Waals surface area contributed by atoms with Crippen molar-refractivity contribution in [2.75, 3.05) is 26.1 Å². The van der Waals surface area contributed by atoms with Gasteiger partial charge in [0, 0.05) is 19.2 Å². The largest absolute Gasteiger partial charge is 0.492 e. The molecule has 0 aromatic heterocycles. The summed E-state index contributed by atoms with van der Waals surface area (Å²) in [4.78, 5) is 22.6. The molecule has 7 heteroatoms. The first-order valence-electron chi connectivity index (χ1n) is 5.21. The van der Waals surface area contributed by atoms with E-state index in [9.17, 15) is 14.9 Å². The lowest BCUT2D eigenvalue weighted by atomic mass is 10.3. The number of ether oxygens (including phenoxy) is 1. The average Bonchev–Trinajstić information content (AvgIpc) is 2.38. The standard InChI is InChI=1S/C11H13ClN2O4/c1-13(11(15)8-12)6-7-18-10-4-2-9(3-5-10)14(16)17/h2-5H,6-8H2,1H3. The number of nitro benzene ring substituents is 1. The average molecular weight is 273 g/mol. The minimum Gasteiger partial charge on any atom is -0.492 e. The zero-order valence-electron chi connectivity index (χ0n) is 9.84. The molecule has 0 saturated carbocycles. The van der Waals surface area contributed by atoms with Gasteiger partial charge in [0.1, 0.15) is 18.2 Å². The predicted molar refractivity (Wildman–Crippen MR) is 66.9 cm³/mol. The third kappa shape index (κ3) is 4.21. The summed E-state index contributed by atoms with van der Waals surface area (Å²) in [7, 11) is 1.63. The minimum atomic E-state index is -0.476. The van der Waals surface area contributed by atoms with Gasteiger partial charge in [-0.15, -0.1) is 11.6 Å². The summed E-state index contributed by atoms with van der Waals surface area (Å²) in [5, 5.41) is 10.4. The van der Waals surface area contributed by atoms with Crippen molar-refractivity contribution in [3.63, 3.8) is 0 Å². The molecule has 1 aromatic rings. The molecule has 1 rings (SSSR count). The lowest BCUT2D eigenvalue weighted by Gasteiger charge is -2.15. The van der Waals surface area contributed by atoms with Crippen LogP contribution in [0, 0.1) is 10.1 Å². The van der Waals surface area contributed by atoms with E-state index in [0.717, 1.165) is 0 Å². The van der Waals surface area contributed by atoms with Crippen LogP contribution < -0.4 is 4.74 Å². The van der Waals surface area contributed by atoms with E-state index in [1.165, 1.54) is 29.2 Å². The first-order valence-corrected chi connectivity index (χ1v) is 5.75. The molecular weight excluding hydrogens is 260 g/mol. The minimum absolute atomic E-state index is 0.0109. The number of non-ortho nitro benzene ring substituents is 1. The lowest BCUT2D eigenvalue weighted by Crippen LogP contribution is -2.31. The van der Waals surface area contributed by atoms with Crippen LogP contribution >= 0.6 is 11.6 Å². The molecule has 0 atom stereocenters. The molecule has 0 heterocycles. The zero-order valence-corrected chi connectivity index (χ0v) is 10.6. The number of benzene rings is 1. The number of alkyl halides is 1. The van der Waals surface area contributed by atoms with Crippen LogP contribution in [0.5, 0.6) is 5.75 Å². The van der Waals surface area contributed by atoms with Gasteiger partial charge in [0.05, 0.1) is 11.5 Å². The molecule has 0 aliphatic rings. The highest BCUT2D eigenvalue weighted by atomic mass is 35.5. The predicted octanol–water partition coefficient (Wildman–Crippen LogP) is 1.67. The van der Waals surface area contributed by atoms with E-state index < -0.39 is 4.92 Å². The fourth-order valence-corrected chi connectivity index (χ4v) is 1.40. The highest BCUT2D eigenvalue weighted by Gasteiger charge is 2.07. The molecule has 1 aromatic carbocycles. The van der Waals surface area contributed by atoms with Gasteiger partial charge < -0.3 is 9.64 Å². The Morgan fingerprint density at radius 1 is 1.44 bits per heavy atom. The van der Waals surface area contributed by atoms with E-state index >= 15 is 0 Å². The normalized spacial score (nSPS) is 9.89. The molecule has 98 valence electrons. The quantitative estimate of drug-likeness (QED) is 0.449. The van der Waals surface area contributed by atoms with Crippen LogP contribution in [0.2, 0.25) is 0 Å². The first-order chi connectivity index (χ1) is 8.54. The van der Waals surface area contributed by atoms with Crippen LogP contribution in [-0.2, 0) is 4.79 Å². The van der Waals surface area contributed by atoms with Crippen molar-refractivity contribution < 1.29 is 14.5 Å². The number of hydrogen-bond donors (Lipinski definition) is 0. The van der Waals surface area contributed by atoms with Crippen LogP contribution in [0.4, 0.5) is 5.69 Å². The highest BCUT2D eigenvalue weighted by Crippen LogP contribution is 2.17. The third-order valence-corrected chi connectivity index (χ3v) is 2.51. The SMILES string of the molecule is CN(CCOc1ccc([N+](=O)[O-])cc1)C(=O)CCl. The maximum atomic E-state index is 11.1. The number of hydrogen-bond acceptors (Lipinski definition) is 4. The molecule has 0 fully saturated rings. The molecule has 0 radical (unpaired) electrons. The van der Waals surface area contributed by atoms with Gasteiger partial charge >= 0.3 is 0 Å². The van der Waals surface area contributed by atoms with Crippen molar-refractivity contribution in [2.24, 2.45) is 0 Å². The molecule has 0 saturated heterocycles. The maximum Gasteiger partial charge on any atom is 0.269 e. The monoisotopic (exact) mass is 272 g/mol. The number of likely N-dealkylation sites (N-methyl/N-ethyl adjacent to an activating group) is 1. The van der Waals surface area contributed by atoms with Crippen molar-refractivity contribution in [3.05, 3.63) is 34.4 Å². The Balaban J connectivity index is 2.40. The fourth-order valence-electron chi connectivity index (χ4n) is 1.19. The Bertz CT molecular complexity index is 422. The highest BCUT2D eigenvalue weighted by molar-refractivity contribution is 6.27. The first kappa shape index (κ1) is 14.2. The van der Waals surface area contributed by atoms with E-state index in [1.54, 1.807) is 7.05 Å². The van der Waals surface area contributed by atoms with Crippen LogP contribution in [-0.4, -0.2) is 41.8 Å². The number of nitro groups is 1. The maximum absolute atomic E-state index is 11.1. The second kappa shape index (κ2) is 6.80. The van der Waals surface area contributed by atoms with Gasteiger partial charge in [-0.2, -0.15) is 0 Å². The van der Waals surface area contributed by atoms with Gasteiger partial charge in [0.15, 0.2) is 0 Å². The van der Waals surface area contributed by atoms with E-state index in [-0.39, 0.29) is 17.5 Å². The Labute approximate surface area is 109 Å². The number of amides is 1. The van der Waals surface area contributed by atoms with E-state index in [1.807, 2.05) is 0 Å². The second-order valence-corrected chi connectivity index (χ2v) is 3.82. The third-order valence-electron chi connectivity index (χ3n) is 2.28. The van der Waals surface area contributed by atoms with Crippen molar-refractivity contribution in [2.45, 2.75) is 0 Å². The Hall–Kier alpha value is -1.82. The number of carbonyl (C=O) groups is 1. The molecule has 0 aliphatic heterocycles.